The molecule has 28 heavy (non-hydrogen) atoms. The zero-order valence-electron chi connectivity index (χ0n) is 14.7. The largest absolute Gasteiger partial charge is 0.477 e. The van der Waals surface area contributed by atoms with E-state index in [4.69, 9.17) is 11.5 Å². The van der Waals surface area contributed by atoms with Crippen LogP contribution in [-0.4, -0.2) is 40.3 Å². The molecular formula is C17H21ClF2N4O4. The molecule has 1 atom stereocenters. The second kappa shape index (κ2) is 7.53. The van der Waals surface area contributed by atoms with Gasteiger partial charge >= 0.3 is 5.97 Å². The van der Waals surface area contributed by atoms with Gasteiger partial charge in [0.1, 0.15) is 11.3 Å². The molecule has 0 amide bonds. The van der Waals surface area contributed by atoms with Crippen molar-refractivity contribution in [1.29, 1.82) is 0 Å². The van der Waals surface area contributed by atoms with E-state index in [1.54, 1.807) is 0 Å². The summed E-state index contributed by atoms with van der Waals surface area (Å²) in [6, 6.07) is -0.338. The van der Waals surface area contributed by atoms with Gasteiger partial charge in [0.05, 0.1) is 16.6 Å². The summed E-state index contributed by atoms with van der Waals surface area (Å²) in [5, 5.41) is 8.86. The number of pyridine rings is 1. The van der Waals surface area contributed by atoms with Gasteiger partial charge in [-0.2, -0.15) is 0 Å². The molecule has 1 aliphatic heterocycles. The molecule has 0 radical (unpaired) electrons. The van der Waals surface area contributed by atoms with Crippen LogP contribution in [0.5, 0.6) is 0 Å². The number of rotatable bonds is 3. The van der Waals surface area contributed by atoms with Gasteiger partial charge in [-0.05, 0) is 19.3 Å². The molecule has 7 N–H and O–H groups in total. The number of nitrogens with two attached hydrogens (primary N) is 2. The van der Waals surface area contributed by atoms with E-state index in [2.05, 4.69) is 0 Å². The van der Waals surface area contributed by atoms with E-state index in [1.807, 2.05) is 0 Å². The van der Waals surface area contributed by atoms with Gasteiger partial charge in [0.25, 0.3) is 0 Å². The third-order valence-electron chi connectivity index (χ3n) is 5.08. The van der Waals surface area contributed by atoms with E-state index in [0.717, 1.165) is 19.0 Å². The number of halogens is 3. The molecule has 0 unspecified atom stereocenters. The first kappa shape index (κ1) is 21.9. The highest BCUT2D eigenvalue weighted by molar-refractivity contribution is 5.99. The number of aromatic carboxylic acids is 1. The molecule has 1 saturated heterocycles. The van der Waals surface area contributed by atoms with Crippen LogP contribution in [0.15, 0.2) is 11.0 Å². The van der Waals surface area contributed by atoms with E-state index in [-0.39, 0.29) is 47.7 Å². The first-order valence-corrected chi connectivity index (χ1v) is 8.40. The van der Waals surface area contributed by atoms with Crippen LogP contribution in [0.25, 0.3) is 10.9 Å². The van der Waals surface area contributed by atoms with Crippen molar-refractivity contribution < 1.29 is 24.2 Å². The lowest BCUT2D eigenvalue weighted by Gasteiger charge is -2.23. The van der Waals surface area contributed by atoms with E-state index in [9.17, 15) is 19.1 Å². The number of carboxylic acids is 1. The Labute approximate surface area is 164 Å². The number of hydrogen-bond acceptors (Lipinski definition) is 5. The number of aromatic nitrogens is 1. The zero-order valence-corrected chi connectivity index (χ0v) is 15.6. The summed E-state index contributed by atoms with van der Waals surface area (Å²) in [4.78, 5) is 25.4. The Morgan fingerprint density at radius 3 is 2.36 bits per heavy atom. The third kappa shape index (κ3) is 3.17. The third-order valence-corrected chi connectivity index (χ3v) is 5.08. The second-order valence-electron chi connectivity index (χ2n) is 6.92. The van der Waals surface area contributed by atoms with Crippen molar-refractivity contribution in [3.05, 3.63) is 33.6 Å². The van der Waals surface area contributed by atoms with E-state index < -0.39 is 39.7 Å². The van der Waals surface area contributed by atoms with E-state index in [0.29, 0.717) is 13.0 Å². The molecule has 8 nitrogen and oxygen atoms in total. The van der Waals surface area contributed by atoms with Crippen molar-refractivity contribution in [3.63, 3.8) is 0 Å². The molecule has 1 aliphatic carbocycles. The van der Waals surface area contributed by atoms with Crippen molar-refractivity contribution in [2.75, 3.05) is 23.7 Å². The van der Waals surface area contributed by atoms with Crippen molar-refractivity contribution in [2.24, 2.45) is 5.73 Å². The maximum absolute atomic E-state index is 15.4. The Morgan fingerprint density at radius 1 is 1.21 bits per heavy atom. The topological polar surface area (TPSA) is 146 Å². The first-order valence-electron chi connectivity index (χ1n) is 8.40. The van der Waals surface area contributed by atoms with Gasteiger partial charge in [-0.1, -0.05) is 0 Å². The molecule has 2 aliphatic rings. The van der Waals surface area contributed by atoms with Gasteiger partial charge in [0, 0.05) is 31.4 Å². The lowest BCUT2D eigenvalue weighted by atomic mass is 10.1. The normalized spacial score (nSPS) is 18.7. The van der Waals surface area contributed by atoms with Gasteiger partial charge in [0.2, 0.25) is 5.43 Å². The van der Waals surface area contributed by atoms with Crippen LogP contribution in [0.3, 0.4) is 0 Å². The second-order valence-corrected chi connectivity index (χ2v) is 6.92. The molecule has 0 bridgehead atoms. The number of hydrogen-bond donors (Lipinski definition) is 3. The average Bonchev–Trinajstić information content (AvgIpc) is 3.34. The highest BCUT2D eigenvalue weighted by Crippen LogP contribution is 2.42. The molecule has 2 heterocycles. The fourth-order valence-corrected chi connectivity index (χ4v) is 3.61. The van der Waals surface area contributed by atoms with Crippen LogP contribution in [0.4, 0.5) is 20.2 Å². The summed E-state index contributed by atoms with van der Waals surface area (Å²) in [6.07, 6.45) is 3.16. The molecule has 11 heteroatoms. The number of nitrogen functional groups attached to an aromatic ring is 1. The summed E-state index contributed by atoms with van der Waals surface area (Å²) < 4.78 is 31.7. The van der Waals surface area contributed by atoms with Crippen LogP contribution >= 0.6 is 12.4 Å². The Kier molecular flexibility index (Phi) is 5.88. The van der Waals surface area contributed by atoms with Gasteiger partial charge in [-0.25, -0.2) is 13.6 Å². The number of anilines is 2. The SMILES string of the molecule is Cl.Nc1c(F)c(N2CC[C@H](N)C2)c(F)c2c1c(=O)c(C(=O)O)cn2C1CC1.O. The van der Waals surface area contributed by atoms with Gasteiger partial charge in [0.15, 0.2) is 11.6 Å². The number of fused-ring (bicyclic) bond motifs is 1. The Bertz CT molecular complexity index is 1010. The van der Waals surface area contributed by atoms with Crippen molar-refractivity contribution >= 4 is 40.7 Å². The predicted octanol–water partition coefficient (Wildman–Crippen LogP) is 1.03. The standard InChI is InChI=1S/C17H18F2N4O3.ClH.H2O/c18-11-13(21)10-14(12(19)15(11)22-4-3-7(20)5-22)23(8-1-2-8)6-9(16(10)24)17(25)26;;/h6-8H,1-5,20-21H2,(H,25,26);1H;1H2/t7-;;/m0../s1. The minimum absolute atomic E-state index is 0. The smallest absolute Gasteiger partial charge is 0.341 e. The fourth-order valence-electron chi connectivity index (χ4n) is 3.61. The van der Waals surface area contributed by atoms with Crippen molar-refractivity contribution in [2.45, 2.75) is 31.3 Å². The molecule has 154 valence electrons. The minimum Gasteiger partial charge on any atom is -0.477 e. The summed E-state index contributed by atoms with van der Waals surface area (Å²) in [5.74, 6) is -3.41. The van der Waals surface area contributed by atoms with Crippen LogP contribution in [0.1, 0.15) is 35.7 Å². The zero-order chi connectivity index (χ0) is 18.7. The first-order chi connectivity index (χ1) is 12.3. The maximum Gasteiger partial charge on any atom is 0.341 e. The molecule has 2 fully saturated rings. The predicted molar refractivity (Wildman–Crippen MR) is 103 cm³/mol. The molecule has 1 aromatic carbocycles. The molecule has 1 aromatic heterocycles. The number of carboxylic acid groups (broad SMARTS) is 1. The molecule has 2 aromatic rings. The molecular weight excluding hydrogens is 398 g/mol. The lowest BCUT2D eigenvalue weighted by Crippen LogP contribution is -2.29. The monoisotopic (exact) mass is 418 g/mol. The molecule has 0 spiro atoms. The summed E-state index contributed by atoms with van der Waals surface area (Å²) >= 11 is 0. The van der Waals surface area contributed by atoms with Crippen LogP contribution in [0, 0.1) is 11.6 Å². The van der Waals surface area contributed by atoms with Crippen LogP contribution in [0.2, 0.25) is 0 Å². The Morgan fingerprint density at radius 2 is 1.86 bits per heavy atom. The Balaban J connectivity index is 0.00000140. The van der Waals surface area contributed by atoms with Crippen molar-refractivity contribution in [1.82, 2.24) is 4.57 Å². The van der Waals surface area contributed by atoms with Gasteiger partial charge in [-0.15, -0.1) is 12.4 Å². The lowest BCUT2D eigenvalue weighted by molar-refractivity contribution is 0.0695. The number of nitrogens with zero attached hydrogens (tertiary/aromatic N) is 2. The quantitative estimate of drug-likeness (QED) is 0.634. The summed E-state index contributed by atoms with van der Waals surface area (Å²) in [7, 11) is 0. The minimum atomic E-state index is -1.46. The Hall–Kier alpha value is -2.43. The van der Waals surface area contributed by atoms with Gasteiger partial charge in [-0.3, -0.25) is 4.79 Å². The average molecular weight is 419 g/mol. The molecule has 1 saturated carbocycles. The number of carbonyl (C=O) groups is 1. The highest BCUT2D eigenvalue weighted by atomic mass is 35.5. The van der Waals surface area contributed by atoms with E-state index in [1.165, 1.54) is 9.47 Å². The van der Waals surface area contributed by atoms with Crippen LogP contribution < -0.4 is 21.8 Å². The van der Waals surface area contributed by atoms with Gasteiger partial charge < -0.3 is 31.5 Å². The fraction of sp³-hybridized carbons (Fsp3) is 0.412. The molecule has 4 rings (SSSR count). The highest BCUT2D eigenvalue weighted by Gasteiger charge is 2.34. The maximum atomic E-state index is 15.4. The van der Waals surface area contributed by atoms with Crippen LogP contribution in [-0.2, 0) is 0 Å². The van der Waals surface area contributed by atoms with E-state index >= 15 is 4.39 Å². The number of benzene rings is 1. The van der Waals surface area contributed by atoms with Crippen molar-refractivity contribution in [3.8, 4) is 0 Å². The summed E-state index contributed by atoms with van der Waals surface area (Å²) in [6.45, 7) is 0.653. The summed E-state index contributed by atoms with van der Waals surface area (Å²) in [5.41, 5.74) is 9.18.